The topological polar surface area (TPSA) is 63.7 Å². The maximum absolute atomic E-state index is 12.3. The van der Waals surface area contributed by atoms with Gasteiger partial charge in [0.05, 0.1) is 18.1 Å². The molecular weight excluding hydrogens is 290 g/mol. The first kappa shape index (κ1) is 15.8. The van der Waals surface area contributed by atoms with Crippen molar-refractivity contribution in [1.82, 2.24) is 4.90 Å². The van der Waals surface area contributed by atoms with Gasteiger partial charge in [-0.05, 0) is 24.1 Å². The zero-order valence-electron chi connectivity index (χ0n) is 12.6. The van der Waals surface area contributed by atoms with Crippen molar-refractivity contribution in [2.45, 2.75) is 19.1 Å². The van der Waals surface area contributed by atoms with Crippen LogP contribution in [0.4, 0.5) is 0 Å². The van der Waals surface area contributed by atoms with Gasteiger partial charge in [0, 0.05) is 18.7 Å². The minimum absolute atomic E-state index is 0.109. The number of rotatable bonds is 5. The second-order valence-electron chi connectivity index (χ2n) is 5.79. The van der Waals surface area contributed by atoms with Gasteiger partial charge in [-0.2, -0.15) is 0 Å². The third kappa shape index (κ3) is 3.56. The summed E-state index contributed by atoms with van der Waals surface area (Å²) in [5.74, 6) is 0.757. The average molecular weight is 311 g/mol. The van der Waals surface area contributed by atoms with E-state index in [2.05, 4.69) is 0 Å². The minimum Gasteiger partial charge on any atom is -0.497 e. The van der Waals surface area contributed by atoms with Gasteiger partial charge in [-0.25, -0.2) is 8.42 Å². The predicted octanol–water partition coefficient (Wildman–Crippen LogP) is 1.59. The molecule has 0 spiro atoms. The highest BCUT2D eigenvalue weighted by atomic mass is 32.2. The van der Waals surface area contributed by atoms with E-state index in [1.807, 2.05) is 13.8 Å². The molecule has 0 radical (unpaired) electrons. The molecule has 0 unspecified atom stereocenters. The Kier molecular flexibility index (Phi) is 4.56. The molecule has 0 aromatic heterocycles. The Labute approximate surface area is 125 Å². The van der Waals surface area contributed by atoms with Crippen molar-refractivity contribution < 1.29 is 17.9 Å². The lowest BCUT2D eigenvalue weighted by molar-refractivity contribution is 0.0658. The molecule has 1 fully saturated rings. The summed E-state index contributed by atoms with van der Waals surface area (Å²) in [5.41, 5.74) is 0.522. The highest BCUT2D eigenvalue weighted by Gasteiger charge is 2.39. The van der Waals surface area contributed by atoms with Gasteiger partial charge in [0.1, 0.15) is 5.75 Å². The van der Waals surface area contributed by atoms with Crippen molar-refractivity contribution in [2.75, 3.05) is 26.0 Å². The van der Waals surface area contributed by atoms with Crippen LogP contribution < -0.4 is 4.74 Å². The number of nitrogens with zero attached hydrogens (tertiary/aromatic N) is 1. The predicted molar refractivity (Wildman–Crippen MR) is 81.3 cm³/mol. The van der Waals surface area contributed by atoms with Gasteiger partial charge in [-0.3, -0.25) is 4.79 Å². The molecule has 1 aliphatic rings. The molecular formula is C15H21NO4S. The standard InChI is InChI=1S/C15H21NO4S/c1-11(2)10-21(18,19)14-8-16(9-14)15(17)12-5-4-6-13(7-12)20-3/h4-7,11,14H,8-10H2,1-3H3. The normalized spacial score (nSPS) is 15.9. The molecule has 0 bridgehead atoms. The van der Waals surface area contributed by atoms with E-state index >= 15 is 0 Å². The number of likely N-dealkylation sites (tertiary alicyclic amines) is 1. The van der Waals surface area contributed by atoms with Crippen LogP contribution in [0.25, 0.3) is 0 Å². The summed E-state index contributed by atoms with van der Waals surface area (Å²) in [6.07, 6.45) is 0. The summed E-state index contributed by atoms with van der Waals surface area (Å²) in [6, 6.07) is 6.89. The Morgan fingerprint density at radius 1 is 1.38 bits per heavy atom. The third-order valence-corrected chi connectivity index (χ3v) is 5.97. The van der Waals surface area contributed by atoms with Crippen molar-refractivity contribution in [3.8, 4) is 5.75 Å². The molecule has 1 aromatic carbocycles. The fraction of sp³-hybridized carbons (Fsp3) is 0.533. The molecule has 0 N–H and O–H groups in total. The molecule has 1 heterocycles. The molecule has 0 aliphatic carbocycles. The number of benzene rings is 1. The van der Waals surface area contributed by atoms with E-state index in [0.29, 0.717) is 11.3 Å². The van der Waals surface area contributed by atoms with E-state index in [9.17, 15) is 13.2 Å². The third-order valence-electron chi connectivity index (χ3n) is 3.53. The lowest BCUT2D eigenvalue weighted by Gasteiger charge is -2.39. The molecule has 1 amide bonds. The molecule has 0 saturated carbocycles. The lowest BCUT2D eigenvalue weighted by atomic mass is 10.1. The van der Waals surface area contributed by atoms with Crippen molar-refractivity contribution in [1.29, 1.82) is 0 Å². The molecule has 5 nitrogen and oxygen atoms in total. The van der Waals surface area contributed by atoms with Gasteiger partial charge in [0.15, 0.2) is 9.84 Å². The molecule has 0 atom stereocenters. The van der Waals surface area contributed by atoms with Crippen LogP contribution in [0.5, 0.6) is 5.75 Å². The van der Waals surface area contributed by atoms with E-state index < -0.39 is 15.1 Å². The molecule has 1 aromatic rings. The largest absolute Gasteiger partial charge is 0.497 e. The van der Waals surface area contributed by atoms with Gasteiger partial charge in [0.25, 0.3) is 5.91 Å². The van der Waals surface area contributed by atoms with Crippen LogP contribution in [-0.4, -0.2) is 50.4 Å². The van der Waals surface area contributed by atoms with E-state index in [4.69, 9.17) is 4.74 Å². The quantitative estimate of drug-likeness (QED) is 0.828. The Morgan fingerprint density at radius 3 is 2.62 bits per heavy atom. The summed E-state index contributed by atoms with van der Waals surface area (Å²) in [4.78, 5) is 13.8. The van der Waals surface area contributed by atoms with Crippen LogP contribution in [0.1, 0.15) is 24.2 Å². The van der Waals surface area contributed by atoms with Crippen molar-refractivity contribution in [3.05, 3.63) is 29.8 Å². The van der Waals surface area contributed by atoms with E-state index in [0.717, 1.165) is 0 Å². The first-order valence-electron chi connectivity index (χ1n) is 6.98. The minimum atomic E-state index is -3.10. The molecule has 21 heavy (non-hydrogen) atoms. The monoisotopic (exact) mass is 311 g/mol. The van der Waals surface area contributed by atoms with Gasteiger partial charge in [0.2, 0.25) is 0 Å². The highest BCUT2D eigenvalue weighted by Crippen LogP contribution is 2.22. The summed E-state index contributed by atoms with van der Waals surface area (Å²) >= 11 is 0. The summed E-state index contributed by atoms with van der Waals surface area (Å²) in [5, 5.41) is -0.422. The van der Waals surface area contributed by atoms with Crippen LogP contribution in [-0.2, 0) is 9.84 Å². The van der Waals surface area contributed by atoms with Crippen LogP contribution in [0.15, 0.2) is 24.3 Å². The molecule has 1 saturated heterocycles. The Bertz CT molecular complexity index is 618. The van der Waals surface area contributed by atoms with Crippen LogP contribution in [0, 0.1) is 5.92 Å². The average Bonchev–Trinajstić information content (AvgIpc) is 2.35. The SMILES string of the molecule is COc1cccc(C(=O)N2CC(S(=O)(=O)CC(C)C)C2)c1. The number of sulfone groups is 1. The number of amides is 1. The smallest absolute Gasteiger partial charge is 0.254 e. The molecule has 1 aliphatic heterocycles. The number of carbonyl (C=O) groups excluding carboxylic acids is 1. The fourth-order valence-electron chi connectivity index (χ4n) is 2.37. The van der Waals surface area contributed by atoms with E-state index in [-0.39, 0.29) is 30.7 Å². The number of ether oxygens (including phenoxy) is 1. The number of hydrogen-bond donors (Lipinski definition) is 0. The van der Waals surface area contributed by atoms with E-state index in [1.54, 1.807) is 36.3 Å². The van der Waals surface area contributed by atoms with Gasteiger partial charge in [-0.1, -0.05) is 19.9 Å². The van der Waals surface area contributed by atoms with Crippen molar-refractivity contribution in [2.24, 2.45) is 5.92 Å². The number of carbonyl (C=O) groups is 1. The summed E-state index contributed by atoms with van der Waals surface area (Å²) in [6.45, 7) is 4.33. The maximum atomic E-state index is 12.3. The lowest BCUT2D eigenvalue weighted by Crippen LogP contribution is -2.57. The Morgan fingerprint density at radius 2 is 2.05 bits per heavy atom. The fourth-order valence-corrected chi connectivity index (χ4v) is 4.39. The molecule has 6 heteroatoms. The zero-order valence-corrected chi connectivity index (χ0v) is 13.4. The number of methoxy groups -OCH3 is 1. The van der Waals surface area contributed by atoms with Crippen LogP contribution >= 0.6 is 0 Å². The van der Waals surface area contributed by atoms with Crippen molar-refractivity contribution in [3.63, 3.8) is 0 Å². The van der Waals surface area contributed by atoms with Gasteiger partial charge < -0.3 is 9.64 Å². The second-order valence-corrected chi connectivity index (χ2v) is 8.11. The highest BCUT2D eigenvalue weighted by molar-refractivity contribution is 7.92. The zero-order chi connectivity index (χ0) is 15.6. The van der Waals surface area contributed by atoms with Crippen LogP contribution in [0.3, 0.4) is 0 Å². The van der Waals surface area contributed by atoms with Gasteiger partial charge in [-0.15, -0.1) is 0 Å². The first-order chi connectivity index (χ1) is 9.83. The molecule has 116 valence electrons. The second kappa shape index (κ2) is 6.05. The van der Waals surface area contributed by atoms with Gasteiger partial charge >= 0.3 is 0 Å². The summed E-state index contributed by atoms with van der Waals surface area (Å²) < 4.78 is 29.2. The molecule has 2 rings (SSSR count). The maximum Gasteiger partial charge on any atom is 0.254 e. The van der Waals surface area contributed by atoms with E-state index in [1.165, 1.54) is 0 Å². The number of hydrogen-bond acceptors (Lipinski definition) is 4. The Hall–Kier alpha value is -1.56. The first-order valence-corrected chi connectivity index (χ1v) is 8.70. The Balaban J connectivity index is 1.99. The van der Waals surface area contributed by atoms with Crippen LogP contribution in [0.2, 0.25) is 0 Å². The van der Waals surface area contributed by atoms with Crippen molar-refractivity contribution >= 4 is 15.7 Å². The summed E-state index contributed by atoms with van der Waals surface area (Å²) in [7, 11) is -1.56.